The van der Waals surface area contributed by atoms with Crippen molar-refractivity contribution in [3.63, 3.8) is 0 Å². The van der Waals surface area contributed by atoms with Crippen LogP contribution in [0.4, 0.5) is 0 Å². The molecule has 0 saturated heterocycles. The molecular weight excluding hydrogens is 178 g/mol. The van der Waals surface area contributed by atoms with E-state index in [0.717, 1.165) is 16.9 Å². The highest BCUT2D eigenvalue weighted by Crippen LogP contribution is 2.19. The normalized spacial score (nSPS) is 12.7. The van der Waals surface area contributed by atoms with Crippen LogP contribution in [0.3, 0.4) is 0 Å². The molecule has 0 aliphatic carbocycles. The SMILES string of the molecule is Cc1cc(C(N)c2cncnc2)co1. The minimum absolute atomic E-state index is 0.214. The maximum absolute atomic E-state index is 5.99. The van der Waals surface area contributed by atoms with Crippen molar-refractivity contribution in [1.82, 2.24) is 9.97 Å². The van der Waals surface area contributed by atoms with E-state index in [9.17, 15) is 0 Å². The smallest absolute Gasteiger partial charge is 0.115 e. The zero-order chi connectivity index (χ0) is 9.97. The van der Waals surface area contributed by atoms with Crippen LogP contribution in [0.5, 0.6) is 0 Å². The Morgan fingerprint density at radius 3 is 2.57 bits per heavy atom. The second-order valence-corrected chi connectivity index (χ2v) is 3.14. The van der Waals surface area contributed by atoms with Gasteiger partial charge in [0.05, 0.1) is 12.3 Å². The Kier molecular flexibility index (Phi) is 2.28. The van der Waals surface area contributed by atoms with Gasteiger partial charge in [0.1, 0.15) is 12.1 Å². The summed E-state index contributed by atoms with van der Waals surface area (Å²) in [5.74, 6) is 0.854. The summed E-state index contributed by atoms with van der Waals surface area (Å²) in [5, 5.41) is 0. The Labute approximate surface area is 81.8 Å². The molecule has 0 spiro atoms. The molecule has 0 fully saturated rings. The summed E-state index contributed by atoms with van der Waals surface area (Å²) >= 11 is 0. The summed E-state index contributed by atoms with van der Waals surface area (Å²) in [6.07, 6.45) is 6.56. The summed E-state index contributed by atoms with van der Waals surface area (Å²) in [7, 11) is 0. The molecular formula is C10H11N3O. The van der Waals surface area contributed by atoms with Crippen molar-refractivity contribution in [3.8, 4) is 0 Å². The summed E-state index contributed by atoms with van der Waals surface area (Å²) in [4.78, 5) is 7.83. The first-order chi connectivity index (χ1) is 6.77. The lowest BCUT2D eigenvalue weighted by molar-refractivity contribution is 0.530. The number of hydrogen-bond acceptors (Lipinski definition) is 4. The standard InChI is InChI=1S/C10H11N3O/c1-7-2-8(5-14-7)10(11)9-3-12-6-13-4-9/h2-6,10H,11H2,1H3. The average molecular weight is 189 g/mol. The van der Waals surface area contributed by atoms with Crippen LogP contribution in [0, 0.1) is 6.92 Å². The van der Waals surface area contributed by atoms with Crippen LogP contribution in [-0.4, -0.2) is 9.97 Å². The van der Waals surface area contributed by atoms with Crippen molar-refractivity contribution in [2.45, 2.75) is 13.0 Å². The fraction of sp³-hybridized carbons (Fsp3) is 0.200. The monoisotopic (exact) mass is 189 g/mol. The molecule has 2 aromatic heterocycles. The van der Waals surface area contributed by atoms with Gasteiger partial charge in [-0.15, -0.1) is 0 Å². The average Bonchev–Trinajstić information content (AvgIpc) is 2.65. The number of furan rings is 1. The van der Waals surface area contributed by atoms with Crippen molar-refractivity contribution in [2.24, 2.45) is 5.73 Å². The number of hydrogen-bond donors (Lipinski definition) is 1. The maximum atomic E-state index is 5.99. The van der Waals surface area contributed by atoms with Gasteiger partial charge in [-0.05, 0) is 13.0 Å². The third-order valence-corrected chi connectivity index (χ3v) is 2.05. The molecule has 2 rings (SSSR count). The molecule has 0 saturated carbocycles. The number of nitrogens with two attached hydrogens (primary N) is 1. The Bertz CT molecular complexity index is 410. The molecule has 1 unspecified atom stereocenters. The first-order valence-corrected chi connectivity index (χ1v) is 4.33. The number of nitrogens with zero attached hydrogens (tertiary/aromatic N) is 2. The largest absolute Gasteiger partial charge is 0.469 e. The van der Waals surface area contributed by atoms with E-state index in [1.165, 1.54) is 6.33 Å². The van der Waals surface area contributed by atoms with Crippen molar-refractivity contribution in [2.75, 3.05) is 0 Å². The van der Waals surface area contributed by atoms with Gasteiger partial charge in [-0.25, -0.2) is 9.97 Å². The highest BCUT2D eigenvalue weighted by atomic mass is 16.3. The Morgan fingerprint density at radius 2 is 2.00 bits per heavy atom. The summed E-state index contributed by atoms with van der Waals surface area (Å²) in [6, 6.07) is 1.70. The Balaban J connectivity index is 2.29. The van der Waals surface area contributed by atoms with E-state index in [1.807, 2.05) is 13.0 Å². The van der Waals surface area contributed by atoms with E-state index < -0.39 is 0 Å². The highest BCUT2D eigenvalue weighted by Gasteiger charge is 2.11. The third-order valence-electron chi connectivity index (χ3n) is 2.05. The molecule has 4 heteroatoms. The molecule has 2 aromatic rings. The lowest BCUT2D eigenvalue weighted by atomic mass is 10.1. The fourth-order valence-corrected chi connectivity index (χ4v) is 1.29. The molecule has 14 heavy (non-hydrogen) atoms. The van der Waals surface area contributed by atoms with Gasteiger partial charge in [-0.2, -0.15) is 0 Å². The van der Waals surface area contributed by atoms with Crippen LogP contribution >= 0.6 is 0 Å². The van der Waals surface area contributed by atoms with Crippen LogP contribution in [0.1, 0.15) is 22.9 Å². The van der Waals surface area contributed by atoms with Gasteiger partial charge in [-0.1, -0.05) is 0 Å². The molecule has 0 radical (unpaired) electrons. The Hall–Kier alpha value is -1.68. The van der Waals surface area contributed by atoms with Gasteiger partial charge >= 0.3 is 0 Å². The summed E-state index contributed by atoms with van der Waals surface area (Å²) < 4.78 is 5.19. The van der Waals surface area contributed by atoms with Gasteiger partial charge in [0.15, 0.2) is 0 Å². The predicted octanol–water partition coefficient (Wildman–Crippen LogP) is 1.43. The second-order valence-electron chi connectivity index (χ2n) is 3.14. The van der Waals surface area contributed by atoms with E-state index in [2.05, 4.69) is 9.97 Å². The van der Waals surface area contributed by atoms with Crippen LogP contribution < -0.4 is 5.73 Å². The van der Waals surface area contributed by atoms with E-state index in [1.54, 1.807) is 18.7 Å². The van der Waals surface area contributed by atoms with Crippen LogP contribution in [-0.2, 0) is 0 Å². The molecule has 2 N–H and O–H groups in total. The quantitative estimate of drug-likeness (QED) is 0.776. The van der Waals surface area contributed by atoms with Crippen molar-refractivity contribution in [3.05, 3.63) is 47.9 Å². The van der Waals surface area contributed by atoms with Gasteiger partial charge in [0.25, 0.3) is 0 Å². The maximum Gasteiger partial charge on any atom is 0.115 e. The van der Waals surface area contributed by atoms with Crippen LogP contribution in [0.15, 0.2) is 35.5 Å². The molecule has 0 aliphatic rings. The van der Waals surface area contributed by atoms with Gasteiger partial charge in [0.2, 0.25) is 0 Å². The van der Waals surface area contributed by atoms with Gasteiger partial charge < -0.3 is 10.2 Å². The molecule has 1 atom stereocenters. The topological polar surface area (TPSA) is 64.9 Å². The van der Waals surface area contributed by atoms with E-state index in [0.29, 0.717) is 0 Å². The number of aromatic nitrogens is 2. The zero-order valence-electron chi connectivity index (χ0n) is 7.84. The molecule has 0 bridgehead atoms. The second kappa shape index (κ2) is 3.59. The van der Waals surface area contributed by atoms with E-state index in [-0.39, 0.29) is 6.04 Å². The summed E-state index contributed by atoms with van der Waals surface area (Å²) in [5.41, 5.74) is 7.81. The first kappa shape index (κ1) is 8.90. The lowest BCUT2D eigenvalue weighted by Crippen LogP contribution is -2.11. The van der Waals surface area contributed by atoms with Crippen LogP contribution in [0.2, 0.25) is 0 Å². The number of aryl methyl sites for hydroxylation is 1. The predicted molar refractivity (Wildman–Crippen MR) is 51.5 cm³/mol. The molecule has 0 aromatic carbocycles. The van der Waals surface area contributed by atoms with Gasteiger partial charge in [-0.3, -0.25) is 0 Å². The van der Waals surface area contributed by atoms with Crippen molar-refractivity contribution < 1.29 is 4.42 Å². The third kappa shape index (κ3) is 1.65. The van der Waals surface area contributed by atoms with E-state index in [4.69, 9.17) is 10.2 Å². The molecule has 72 valence electrons. The lowest BCUT2D eigenvalue weighted by Gasteiger charge is -2.07. The highest BCUT2D eigenvalue weighted by molar-refractivity contribution is 5.26. The minimum Gasteiger partial charge on any atom is -0.469 e. The first-order valence-electron chi connectivity index (χ1n) is 4.33. The summed E-state index contributed by atoms with van der Waals surface area (Å²) in [6.45, 7) is 1.89. The minimum atomic E-state index is -0.214. The molecule has 0 amide bonds. The van der Waals surface area contributed by atoms with E-state index >= 15 is 0 Å². The van der Waals surface area contributed by atoms with Crippen molar-refractivity contribution >= 4 is 0 Å². The number of rotatable bonds is 2. The molecule has 2 heterocycles. The fourth-order valence-electron chi connectivity index (χ4n) is 1.29. The molecule has 4 nitrogen and oxygen atoms in total. The van der Waals surface area contributed by atoms with Crippen LogP contribution in [0.25, 0.3) is 0 Å². The van der Waals surface area contributed by atoms with Gasteiger partial charge in [0, 0.05) is 23.5 Å². The van der Waals surface area contributed by atoms with Crippen molar-refractivity contribution in [1.29, 1.82) is 0 Å². The zero-order valence-corrected chi connectivity index (χ0v) is 7.84. The Morgan fingerprint density at radius 1 is 1.29 bits per heavy atom. The molecule has 0 aliphatic heterocycles.